The highest BCUT2D eigenvalue weighted by atomic mass is 32.1. The summed E-state index contributed by atoms with van der Waals surface area (Å²) in [6.07, 6.45) is 1.80. The van der Waals surface area contributed by atoms with Crippen molar-refractivity contribution in [3.63, 3.8) is 0 Å². The van der Waals surface area contributed by atoms with Crippen molar-refractivity contribution in [3.05, 3.63) is 41.4 Å². The van der Waals surface area contributed by atoms with E-state index in [-0.39, 0.29) is 5.92 Å². The predicted octanol–water partition coefficient (Wildman–Crippen LogP) is 3.01. The zero-order chi connectivity index (χ0) is 14.5. The van der Waals surface area contributed by atoms with Gasteiger partial charge in [0.2, 0.25) is 0 Å². The minimum Gasteiger partial charge on any atom is -0.480 e. The van der Waals surface area contributed by atoms with E-state index >= 15 is 0 Å². The van der Waals surface area contributed by atoms with E-state index in [4.69, 9.17) is 5.11 Å². The van der Waals surface area contributed by atoms with E-state index in [0.29, 0.717) is 6.54 Å². The third-order valence-electron chi connectivity index (χ3n) is 3.00. The van der Waals surface area contributed by atoms with Crippen LogP contribution in [0.1, 0.15) is 18.7 Å². The lowest BCUT2D eigenvalue weighted by Gasteiger charge is -2.16. The van der Waals surface area contributed by atoms with Crippen LogP contribution in [0.25, 0.3) is 10.6 Å². The molecule has 2 N–H and O–H groups in total. The Hall–Kier alpha value is -1.72. The lowest BCUT2D eigenvalue weighted by Crippen LogP contribution is -2.40. The highest BCUT2D eigenvalue weighted by Crippen LogP contribution is 2.24. The third kappa shape index (κ3) is 3.65. The largest absolute Gasteiger partial charge is 0.480 e. The van der Waals surface area contributed by atoms with Crippen molar-refractivity contribution in [1.82, 2.24) is 10.3 Å². The Morgan fingerprint density at radius 1 is 1.35 bits per heavy atom. The van der Waals surface area contributed by atoms with Gasteiger partial charge in [-0.2, -0.15) is 0 Å². The molecule has 0 bridgehead atoms. The lowest BCUT2D eigenvalue weighted by atomic mass is 10.1. The van der Waals surface area contributed by atoms with Gasteiger partial charge in [0.1, 0.15) is 11.0 Å². The van der Waals surface area contributed by atoms with Crippen molar-refractivity contribution in [1.29, 1.82) is 0 Å². The van der Waals surface area contributed by atoms with Crippen LogP contribution in [0, 0.1) is 5.92 Å². The zero-order valence-electron chi connectivity index (χ0n) is 11.5. The Balaban J connectivity index is 2.02. The Kier molecular flexibility index (Phi) is 4.87. The molecule has 1 aromatic heterocycles. The van der Waals surface area contributed by atoms with Crippen molar-refractivity contribution < 1.29 is 9.90 Å². The van der Waals surface area contributed by atoms with Gasteiger partial charge < -0.3 is 5.11 Å². The number of carboxylic acids is 1. The van der Waals surface area contributed by atoms with Crippen molar-refractivity contribution in [3.8, 4) is 10.6 Å². The second-order valence-electron chi connectivity index (χ2n) is 4.94. The van der Waals surface area contributed by atoms with E-state index < -0.39 is 12.0 Å². The predicted molar refractivity (Wildman–Crippen MR) is 80.7 cm³/mol. The van der Waals surface area contributed by atoms with Crippen molar-refractivity contribution in [2.45, 2.75) is 26.4 Å². The monoisotopic (exact) mass is 290 g/mol. The molecule has 0 aliphatic carbocycles. The molecule has 0 saturated carbocycles. The van der Waals surface area contributed by atoms with E-state index in [9.17, 15) is 4.79 Å². The number of aliphatic carboxylic acids is 1. The molecule has 0 radical (unpaired) electrons. The Morgan fingerprint density at radius 2 is 2.05 bits per heavy atom. The number of rotatable bonds is 6. The molecule has 2 aromatic rings. The second-order valence-corrected chi connectivity index (χ2v) is 6.05. The van der Waals surface area contributed by atoms with Gasteiger partial charge in [0.25, 0.3) is 0 Å². The topological polar surface area (TPSA) is 62.2 Å². The summed E-state index contributed by atoms with van der Waals surface area (Å²) in [6, 6.07) is 9.44. The molecular weight excluding hydrogens is 272 g/mol. The van der Waals surface area contributed by atoms with Gasteiger partial charge in [0, 0.05) is 23.2 Å². The first-order valence-electron chi connectivity index (χ1n) is 6.54. The average molecular weight is 290 g/mol. The summed E-state index contributed by atoms with van der Waals surface area (Å²) in [5.41, 5.74) is 1.09. The molecule has 0 aliphatic heterocycles. The molecule has 0 amide bonds. The van der Waals surface area contributed by atoms with Gasteiger partial charge in [-0.1, -0.05) is 44.2 Å². The van der Waals surface area contributed by atoms with Crippen LogP contribution in [0.15, 0.2) is 36.5 Å². The average Bonchev–Trinajstić information content (AvgIpc) is 2.88. The summed E-state index contributed by atoms with van der Waals surface area (Å²) in [5, 5.41) is 13.2. The number of thiazole rings is 1. The molecular formula is C15H18N2O2S. The summed E-state index contributed by atoms with van der Waals surface area (Å²) in [6.45, 7) is 4.32. The summed E-state index contributed by atoms with van der Waals surface area (Å²) in [7, 11) is 0. The van der Waals surface area contributed by atoms with Gasteiger partial charge in [-0.25, -0.2) is 4.98 Å². The molecule has 0 fully saturated rings. The molecule has 4 nitrogen and oxygen atoms in total. The SMILES string of the molecule is CC(C)[C@@H](NCc1cnc(-c2ccccc2)s1)C(=O)O. The maximum atomic E-state index is 11.1. The standard InChI is InChI=1S/C15H18N2O2S/c1-10(2)13(15(18)19)16-8-12-9-17-14(20-12)11-6-4-3-5-7-11/h3-7,9-10,13,16H,8H2,1-2H3,(H,18,19)/t13-/m1/s1. The molecule has 1 heterocycles. The number of aromatic nitrogens is 1. The summed E-state index contributed by atoms with van der Waals surface area (Å²) in [5.74, 6) is -0.762. The quantitative estimate of drug-likeness (QED) is 0.858. The Morgan fingerprint density at radius 3 is 2.65 bits per heavy atom. The fourth-order valence-electron chi connectivity index (χ4n) is 1.92. The van der Waals surface area contributed by atoms with E-state index in [1.807, 2.05) is 44.2 Å². The van der Waals surface area contributed by atoms with Crippen LogP contribution in [0.4, 0.5) is 0 Å². The minimum absolute atomic E-state index is 0.0500. The zero-order valence-corrected chi connectivity index (χ0v) is 12.4. The first-order chi connectivity index (χ1) is 9.58. The number of carbonyl (C=O) groups is 1. The Labute approximate surface area is 122 Å². The number of nitrogens with zero attached hydrogens (tertiary/aromatic N) is 1. The van der Waals surface area contributed by atoms with Crippen molar-refractivity contribution in [2.75, 3.05) is 0 Å². The maximum Gasteiger partial charge on any atom is 0.320 e. The van der Waals surface area contributed by atoms with Crippen LogP contribution in [-0.2, 0) is 11.3 Å². The van der Waals surface area contributed by atoms with E-state index in [1.165, 1.54) is 0 Å². The number of nitrogens with one attached hydrogen (secondary N) is 1. The van der Waals surface area contributed by atoms with E-state index in [0.717, 1.165) is 15.4 Å². The van der Waals surface area contributed by atoms with Crippen LogP contribution in [0.3, 0.4) is 0 Å². The Bertz CT molecular complexity index is 566. The highest BCUT2D eigenvalue weighted by molar-refractivity contribution is 7.15. The molecule has 20 heavy (non-hydrogen) atoms. The molecule has 1 aromatic carbocycles. The van der Waals surface area contributed by atoms with Crippen LogP contribution in [-0.4, -0.2) is 22.1 Å². The number of hydrogen-bond acceptors (Lipinski definition) is 4. The smallest absolute Gasteiger partial charge is 0.320 e. The van der Waals surface area contributed by atoms with Crippen LogP contribution < -0.4 is 5.32 Å². The molecule has 0 unspecified atom stereocenters. The molecule has 2 rings (SSSR count). The normalized spacial score (nSPS) is 12.6. The molecule has 106 valence electrons. The fraction of sp³-hybridized carbons (Fsp3) is 0.333. The first-order valence-corrected chi connectivity index (χ1v) is 7.36. The first kappa shape index (κ1) is 14.7. The molecule has 1 atom stereocenters. The van der Waals surface area contributed by atoms with Gasteiger partial charge in [0.05, 0.1) is 0 Å². The molecule has 5 heteroatoms. The molecule has 0 saturated heterocycles. The van der Waals surface area contributed by atoms with Gasteiger partial charge in [-0.3, -0.25) is 10.1 Å². The van der Waals surface area contributed by atoms with E-state index in [2.05, 4.69) is 10.3 Å². The maximum absolute atomic E-state index is 11.1. The van der Waals surface area contributed by atoms with E-state index in [1.54, 1.807) is 17.5 Å². The van der Waals surface area contributed by atoms with Gasteiger partial charge in [-0.05, 0) is 5.92 Å². The number of carboxylic acid groups (broad SMARTS) is 1. The number of benzene rings is 1. The second kappa shape index (κ2) is 6.63. The van der Waals surface area contributed by atoms with Crippen molar-refractivity contribution >= 4 is 17.3 Å². The fourth-order valence-corrected chi connectivity index (χ4v) is 2.79. The summed E-state index contributed by atoms with van der Waals surface area (Å²) < 4.78 is 0. The van der Waals surface area contributed by atoms with Crippen molar-refractivity contribution in [2.24, 2.45) is 5.92 Å². The van der Waals surface area contributed by atoms with Crippen LogP contribution in [0.5, 0.6) is 0 Å². The molecule has 0 aliphatic rings. The number of hydrogen-bond donors (Lipinski definition) is 2. The highest BCUT2D eigenvalue weighted by Gasteiger charge is 2.20. The summed E-state index contributed by atoms with van der Waals surface area (Å²) in [4.78, 5) is 16.5. The lowest BCUT2D eigenvalue weighted by molar-refractivity contribution is -0.140. The van der Waals surface area contributed by atoms with Gasteiger partial charge in [-0.15, -0.1) is 11.3 Å². The summed E-state index contributed by atoms with van der Waals surface area (Å²) >= 11 is 1.58. The van der Waals surface area contributed by atoms with Gasteiger partial charge in [0.15, 0.2) is 0 Å². The van der Waals surface area contributed by atoms with Gasteiger partial charge >= 0.3 is 5.97 Å². The van der Waals surface area contributed by atoms with Crippen LogP contribution in [0.2, 0.25) is 0 Å². The minimum atomic E-state index is -0.812. The third-order valence-corrected chi connectivity index (χ3v) is 4.05. The molecule has 0 spiro atoms. The van der Waals surface area contributed by atoms with Crippen LogP contribution >= 0.6 is 11.3 Å².